The summed E-state index contributed by atoms with van der Waals surface area (Å²) >= 11 is 17.6. The van der Waals surface area contributed by atoms with Crippen LogP contribution in [0.5, 0.6) is 0 Å². The van der Waals surface area contributed by atoms with Gasteiger partial charge in [-0.1, -0.05) is 23.7 Å². The molecule has 15 heavy (non-hydrogen) atoms. The Hall–Kier alpha value is -0.770. The summed E-state index contributed by atoms with van der Waals surface area (Å²) in [5, 5.41) is 1.02. The van der Waals surface area contributed by atoms with E-state index in [-0.39, 0.29) is 10.6 Å². The highest BCUT2D eigenvalue weighted by Crippen LogP contribution is 2.27. The van der Waals surface area contributed by atoms with E-state index in [1.165, 1.54) is 0 Å². The van der Waals surface area contributed by atoms with Crippen molar-refractivity contribution in [2.45, 2.75) is 0 Å². The van der Waals surface area contributed by atoms with E-state index < -0.39 is 0 Å². The highest BCUT2D eigenvalue weighted by Gasteiger charge is 2.17. The molecule has 1 aromatic carbocycles. The van der Waals surface area contributed by atoms with Crippen LogP contribution in [-0.4, -0.2) is 17.3 Å². The maximum atomic E-state index is 6.02. The summed E-state index contributed by atoms with van der Waals surface area (Å²) in [6.07, 6.45) is 0. The molecule has 0 atom stereocenters. The van der Waals surface area contributed by atoms with Gasteiger partial charge >= 0.3 is 0 Å². The van der Waals surface area contributed by atoms with Gasteiger partial charge in [0.15, 0.2) is 0 Å². The first kappa shape index (κ1) is 10.7. The first-order valence-electron chi connectivity index (χ1n) is 4.14. The maximum absolute atomic E-state index is 6.02. The third-order valence-corrected chi connectivity index (χ3v) is 2.71. The maximum Gasteiger partial charge on any atom is 0.222 e. The summed E-state index contributed by atoms with van der Waals surface area (Å²) < 4.78 is 0. The van der Waals surface area contributed by atoms with Crippen molar-refractivity contribution in [3.05, 3.63) is 29.3 Å². The fourth-order valence-electron chi connectivity index (χ4n) is 1.21. The number of benzene rings is 1. The standard InChI is InChI=1S/C9H6Cl3N3/c10-6-3-1-2-4-7(6)15-5-13-8(11)14-9(15)12/h1-4H,5H2. The molecule has 3 nitrogen and oxygen atoms in total. The van der Waals surface area contributed by atoms with E-state index in [0.29, 0.717) is 11.7 Å². The Bertz CT molecular complexity index is 442. The van der Waals surface area contributed by atoms with E-state index in [9.17, 15) is 0 Å². The summed E-state index contributed by atoms with van der Waals surface area (Å²) in [4.78, 5) is 9.48. The number of para-hydroxylation sites is 1. The molecule has 0 saturated heterocycles. The van der Waals surface area contributed by atoms with Crippen molar-refractivity contribution in [2.75, 3.05) is 11.6 Å². The van der Waals surface area contributed by atoms with Crippen LogP contribution >= 0.6 is 34.8 Å². The Balaban J connectivity index is 2.35. The smallest absolute Gasteiger partial charge is 0.222 e. The Labute approximate surface area is 102 Å². The minimum atomic E-state index is 0.156. The van der Waals surface area contributed by atoms with Gasteiger partial charge in [-0.15, -0.1) is 0 Å². The monoisotopic (exact) mass is 261 g/mol. The lowest BCUT2D eigenvalue weighted by atomic mass is 10.3. The van der Waals surface area contributed by atoms with Gasteiger partial charge in [-0.05, 0) is 35.3 Å². The normalized spacial score (nSPS) is 16.1. The molecule has 0 fully saturated rings. The Morgan fingerprint density at radius 2 is 1.87 bits per heavy atom. The van der Waals surface area contributed by atoms with Gasteiger partial charge < -0.3 is 0 Å². The van der Waals surface area contributed by atoms with Gasteiger partial charge in [0.1, 0.15) is 6.67 Å². The van der Waals surface area contributed by atoms with Gasteiger partial charge in [-0.3, -0.25) is 4.90 Å². The average molecular weight is 263 g/mol. The molecule has 1 aliphatic rings. The first-order valence-corrected chi connectivity index (χ1v) is 5.28. The van der Waals surface area contributed by atoms with Gasteiger partial charge in [-0.2, -0.15) is 4.99 Å². The number of hydrogen-bond acceptors (Lipinski definition) is 3. The molecule has 0 unspecified atom stereocenters. The summed E-state index contributed by atoms with van der Waals surface area (Å²) in [5.41, 5.74) is 0.765. The van der Waals surface area contributed by atoms with Crippen LogP contribution in [0.3, 0.4) is 0 Å². The molecule has 1 aliphatic heterocycles. The van der Waals surface area contributed by atoms with Crippen molar-refractivity contribution in [3.8, 4) is 0 Å². The fraction of sp³-hybridized carbons (Fsp3) is 0.111. The van der Waals surface area contributed by atoms with Crippen LogP contribution in [0.1, 0.15) is 0 Å². The third-order valence-electron chi connectivity index (χ3n) is 1.89. The molecule has 2 rings (SSSR count). The molecular weight excluding hydrogens is 256 g/mol. The molecule has 0 aromatic heterocycles. The molecule has 0 saturated carbocycles. The lowest BCUT2D eigenvalue weighted by Gasteiger charge is -2.23. The lowest BCUT2D eigenvalue weighted by Crippen LogP contribution is -2.31. The number of hydrogen-bond donors (Lipinski definition) is 0. The summed E-state index contributed by atoms with van der Waals surface area (Å²) in [6, 6.07) is 7.33. The third kappa shape index (κ3) is 2.25. The van der Waals surface area contributed by atoms with Crippen molar-refractivity contribution in [1.29, 1.82) is 0 Å². The van der Waals surface area contributed by atoms with Crippen molar-refractivity contribution in [3.63, 3.8) is 0 Å². The topological polar surface area (TPSA) is 28.0 Å². The molecule has 0 bridgehead atoms. The molecule has 1 heterocycles. The molecule has 6 heteroatoms. The second kappa shape index (κ2) is 4.39. The van der Waals surface area contributed by atoms with E-state index in [2.05, 4.69) is 9.98 Å². The van der Waals surface area contributed by atoms with Crippen molar-refractivity contribution >= 4 is 51.1 Å². The van der Waals surface area contributed by atoms with Crippen LogP contribution in [0.15, 0.2) is 34.3 Å². The molecule has 1 aromatic rings. The molecular formula is C9H6Cl3N3. The zero-order valence-corrected chi connectivity index (χ0v) is 9.76. The molecule has 0 radical (unpaired) electrons. The van der Waals surface area contributed by atoms with Gasteiger partial charge in [-0.25, -0.2) is 4.99 Å². The van der Waals surface area contributed by atoms with Crippen molar-refractivity contribution in [2.24, 2.45) is 9.98 Å². The molecule has 0 aliphatic carbocycles. The van der Waals surface area contributed by atoms with Crippen LogP contribution < -0.4 is 4.90 Å². The lowest BCUT2D eigenvalue weighted by molar-refractivity contribution is 1.00. The Kier molecular flexibility index (Phi) is 3.14. The molecule has 0 amide bonds. The van der Waals surface area contributed by atoms with Gasteiger partial charge in [0.2, 0.25) is 10.6 Å². The van der Waals surface area contributed by atoms with E-state index >= 15 is 0 Å². The second-order valence-corrected chi connectivity index (χ2v) is 3.91. The minimum Gasteiger partial charge on any atom is -0.295 e. The van der Waals surface area contributed by atoms with E-state index in [0.717, 1.165) is 5.69 Å². The van der Waals surface area contributed by atoms with Crippen LogP contribution in [-0.2, 0) is 0 Å². The minimum absolute atomic E-state index is 0.156. The van der Waals surface area contributed by atoms with Crippen LogP contribution in [0, 0.1) is 0 Å². The van der Waals surface area contributed by atoms with Crippen LogP contribution in [0.2, 0.25) is 5.02 Å². The number of aliphatic imine (C=N–C) groups is 2. The Morgan fingerprint density at radius 1 is 1.13 bits per heavy atom. The summed E-state index contributed by atoms with van der Waals surface area (Å²) in [7, 11) is 0. The molecule has 0 spiro atoms. The first-order chi connectivity index (χ1) is 7.18. The van der Waals surface area contributed by atoms with Gasteiger partial charge in [0.05, 0.1) is 10.7 Å². The predicted molar refractivity (Wildman–Crippen MR) is 65.4 cm³/mol. The summed E-state index contributed by atoms with van der Waals surface area (Å²) in [6.45, 7) is 0.324. The zero-order valence-electron chi connectivity index (χ0n) is 7.49. The van der Waals surface area contributed by atoms with Crippen LogP contribution in [0.25, 0.3) is 0 Å². The number of rotatable bonds is 1. The zero-order chi connectivity index (χ0) is 10.8. The van der Waals surface area contributed by atoms with Gasteiger partial charge in [0, 0.05) is 0 Å². The Morgan fingerprint density at radius 3 is 2.53 bits per heavy atom. The SMILES string of the molecule is ClC1=NCN(c2ccccc2Cl)C(Cl)=N1. The molecule has 78 valence electrons. The predicted octanol–water partition coefficient (Wildman–Crippen LogP) is 3.31. The average Bonchev–Trinajstić information content (AvgIpc) is 2.20. The van der Waals surface area contributed by atoms with Crippen LogP contribution in [0.4, 0.5) is 5.69 Å². The number of nitrogens with zero attached hydrogens (tertiary/aromatic N) is 3. The van der Waals surface area contributed by atoms with Crippen molar-refractivity contribution < 1.29 is 0 Å². The largest absolute Gasteiger partial charge is 0.295 e. The summed E-state index contributed by atoms with van der Waals surface area (Å²) in [5.74, 6) is 0. The highest BCUT2D eigenvalue weighted by atomic mass is 35.5. The van der Waals surface area contributed by atoms with Crippen molar-refractivity contribution in [1.82, 2.24) is 0 Å². The number of anilines is 1. The van der Waals surface area contributed by atoms with E-state index in [1.54, 1.807) is 11.0 Å². The number of halogens is 3. The number of amidine groups is 2. The fourth-order valence-corrected chi connectivity index (χ4v) is 1.84. The van der Waals surface area contributed by atoms with E-state index in [1.807, 2.05) is 18.2 Å². The van der Waals surface area contributed by atoms with Gasteiger partial charge in [0.25, 0.3) is 0 Å². The second-order valence-electron chi connectivity index (χ2n) is 2.83. The highest BCUT2D eigenvalue weighted by molar-refractivity contribution is 6.73. The van der Waals surface area contributed by atoms with E-state index in [4.69, 9.17) is 34.8 Å². The molecule has 0 N–H and O–H groups in total. The quantitative estimate of drug-likeness (QED) is 0.714.